The molecule has 0 aliphatic carbocycles. The first-order valence-electron chi connectivity index (χ1n) is 7.28. The zero-order chi connectivity index (χ0) is 15.9. The lowest BCUT2D eigenvalue weighted by Crippen LogP contribution is -2.40. The third-order valence-electron chi connectivity index (χ3n) is 4.08. The van der Waals surface area contributed by atoms with Crippen molar-refractivity contribution in [2.75, 3.05) is 10.8 Å². The summed E-state index contributed by atoms with van der Waals surface area (Å²) in [7, 11) is -3.72. The molecule has 1 aliphatic rings. The van der Waals surface area contributed by atoms with E-state index in [4.69, 9.17) is 4.42 Å². The number of nitrogens with zero attached hydrogens (tertiary/aromatic N) is 3. The van der Waals surface area contributed by atoms with Crippen molar-refractivity contribution in [2.24, 2.45) is 0 Å². The van der Waals surface area contributed by atoms with Crippen molar-refractivity contribution in [1.82, 2.24) is 9.55 Å². The first-order chi connectivity index (χ1) is 11.2. The van der Waals surface area contributed by atoms with Crippen LogP contribution in [0.15, 0.2) is 70.9 Å². The maximum atomic E-state index is 12.9. The van der Waals surface area contributed by atoms with Crippen LogP contribution in [-0.2, 0) is 16.4 Å². The molecule has 0 N–H and O–H groups in total. The predicted molar refractivity (Wildman–Crippen MR) is 84.6 cm³/mol. The van der Waals surface area contributed by atoms with Gasteiger partial charge in [0.2, 0.25) is 5.09 Å². The first kappa shape index (κ1) is 14.1. The molecule has 0 saturated carbocycles. The van der Waals surface area contributed by atoms with Gasteiger partial charge in [-0.15, -0.1) is 0 Å². The van der Waals surface area contributed by atoms with Gasteiger partial charge in [-0.25, -0.2) is 4.98 Å². The minimum absolute atomic E-state index is 0.00265. The zero-order valence-electron chi connectivity index (χ0n) is 12.2. The Morgan fingerprint density at radius 1 is 1.17 bits per heavy atom. The van der Waals surface area contributed by atoms with E-state index in [-0.39, 0.29) is 11.1 Å². The Morgan fingerprint density at radius 2 is 2.04 bits per heavy atom. The van der Waals surface area contributed by atoms with E-state index in [1.807, 2.05) is 35.0 Å². The molecule has 0 fully saturated rings. The largest absolute Gasteiger partial charge is 0.451 e. The van der Waals surface area contributed by atoms with Crippen molar-refractivity contribution >= 4 is 15.7 Å². The molecule has 3 aromatic rings. The van der Waals surface area contributed by atoms with Gasteiger partial charge in [0, 0.05) is 12.4 Å². The summed E-state index contributed by atoms with van der Waals surface area (Å²) < 4.78 is 34.4. The van der Waals surface area contributed by atoms with Crippen LogP contribution in [-0.4, -0.2) is 24.5 Å². The smallest absolute Gasteiger partial charge is 0.297 e. The quantitative estimate of drug-likeness (QED) is 0.740. The molecule has 7 heteroatoms. The second-order valence-electron chi connectivity index (χ2n) is 5.46. The van der Waals surface area contributed by atoms with E-state index in [1.54, 1.807) is 18.6 Å². The SMILES string of the molecule is O=S(=O)(c1ccco1)N1CC(n2ccnc2)Cc2ccccc21. The summed E-state index contributed by atoms with van der Waals surface area (Å²) in [6, 6.07) is 10.6. The van der Waals surface area contributed by atoms with E-state index in [1.165, 1.54) is 16.6 Å². The minimum atomic E-state index is -3.72. The maximum absolute atomic E-state index is 12.9. The van der Waals surface area contributed by atoms with E-state index >= 15 is 0 Å². The molecule has 1 aromatic carbocycles. The average molecular weight is 329 g/mol. The van der Waals surface area contributed by atoms with Crippen LogP contribution in [0.2, 0.25) is 0 Å². The van der Waals surface area contributed by atoms with Gasteiger partial charge in [-0.1, -0.05) is 18.2 Å². The van der Waals surface area contributed by atoms with Gasteiger partial charge in [0.25, 0.3) is 10.0 Å². The predicted octanol–water partition coefficient (Wildman–Crippen LogP) is 2.47. The van der Waals surface area contributed by atoms with Gasteiger partial charge in [-0.05, 0) is 30.2 Å². The molecule has 118 valence electrons. The molecule has 1 unspecified atom stereocenters. The third kappa shape index (κ3) is 2.33. The summed E-state index contributed by atoms with van der Waals surface area (Å²) in [4.78, 5) is 4.07. The van der Waals surface area contributed by atoms with E-state index in [0.717, 1.165) is 12.0 Å². The first-order valence-corrected chi connectivity index (χ1v) is 8.72. The van der Waals surface area contributed by atoms with Crippen molar-refractivity contribution in [2.45, 2.75) is 17.6 Å². The van der Waals surface area contributed by atoms with Crippen molar-refractivity contribution in [3.05, 3.63) is 66.9 Å². The highest BCUT2D eigenvalue weighted by Gasteiger charge is 2.35. The Labute approximate surface area is 134 Å². The third-order valence-corrected chi connectivity index (χ3v) is 5.75. The molecule has 2 aromatic heterocycles. The Morgan fingerprint density at radius 3 is 2.78 bits per heavy atom. The number of aromatic nitrogens is 2. The number of para-hydroxylation sites is 1. The number of anilines is 1. The van der Waals surface area contributed by atoms with Gasteiger partial charge in [-0.3, -0.25) is 4.31 Å². The fraction of sp³-hybridized carbons (Fsp3) is 0.188. The molecular formula is C16H15N3O3S. The molecule has 0 radical (unpaired) electrons. The fourth-order valence-corrected chi connectivity index (χ4v) is 4.42. The Kier molecular flexibility index (Phi) is 3.23. The molecule has 0 bridgehead atoms. The van der Waals surface area contributed by atoms with Crippen LogP contribution in [0.3, 0.4) is 0 Å². The average Bonchev–Trinajstić information content (AvgIpc) is 3.27. The van der Waals surface area contributed by atoms with Crippen molar-refractivity contribution in [3.63, 3.8) is 0 Å². The summed E-state index contributed by atoms with van der Waals surface area (Å²) >= 11 is 0. The van der Waals surface area contributed by atoms with Crippen molar-refractivity contribution in [3.8, 4) is 0 Å². The molecule has 3 heterocycles. The summed E-state index contributed by atoms with van der Waals surface area (Å²) in [6.07, 6.45) is 7.41. The van der Waals surface area contributed by atoms with E-state index in [9.17, 15) is 8.42 Å². The number of fused-ring (bicyclic) bond motifs is 1. The molecule has 1 atom stereocenters. The molecule has 0 saturated heterocycles. The molecule has 23 heavy (non-hydrogen) atoms. The number of furan rings is 1. The van der Waals surface area contributed by atoms with Crippen LogP contribution in [0, 0.1) is 0 Å². The Balaban J connectivity index is 1.82. The second-order valence-corrected chi connectivity index (χ2v) is 7.26. The van der Waals surface area contributed by atoms with E-state index in [2.05, 4.69) is 4.98 Å². The van der Waals surface area contributed by atoms with Crippen molar-refractivity contribution < 1.29 is 12.8 Å². The van der Waals surface area contributed by atoms with E-state index in [0.29, 0.717) is 12.2 Å². The lowest BCUT2D eigenvalue weighted by Gasteiger charge is -2.35. The summed E-state index contributed by atoms with van der Waals surface area (Å²) in [6.45, 7) is 0.344. The minimum Gasteiger partial charge on any atom is -0.451 e. The van der Waals surface area contributed by atoms with Gasteiger partial charge >= 0.3 is 0 Å². The number of hydrogen-bond acceptors (Lipinski definition) is 4. The van der Waals surface area contributed by atoms with Gasteiger partial charge in [0.15, 0.2) is 0 Å². The normalized spacial score (nSPS) is 17.9. The highest BCUT2D eigenvalue weighted by Crippen LogP contribution is 2.35. The summed E-state index contributed by atoms with van der Waals surface area (Å²) in [5.41, 5.74) is 1.70. The Hall–Kier alpha value is -2.54. The van der Waals surface area contributed by atoms with Gasteiger partial charge in [0.1, 0.15) is 0 Å². The number of benzene rings is 1. The molecule has 6 nitrogen and oxygen atoms in total. The van der Waals surface area contributed by atoms with Gasteiger partial charge in [-0.2, -0.15) is 8.42 Å². The maximum Gasteiger partial charge on any atom is 0.297 e. The van der Waals surface area contributed by atoms with Crippen LogP contribution in [0.5, 0.6) is 0 Å². The van der Waals surface area contributed by atoms with Crippen LogP contribution >= 0.6 is 0 Å². The fourth-order valence-electron chi connectivity index (χ4n) is 2.97. The van der Waals surface area contributed by atoms with E-state index < -0.39 is 10.0 Å². The topological polar surface area (TPSA) is 68.3 Å². The lowest BCUT2D eigenvalue weighted by molar-refractivity contribution is 0.441. The molecule has 0 spiro atoms. The molecular weight excluding hydrogens is 314 g/mol. The lowest BCUT2D eigenvalue weighted by atomic mass is 10.00. The summed E-state index contributed by atoms with van der Waals surface area (Å²) in [5.74, 6) is 0. The highest BCUT2D eigenvalue weighted by atomic mass is 32.2. The Bertz CT molecular complexity index is 902. The van der Waals surface area contributed by atoms with Gasteiger partial charge < -0.3 is 8.98 Å². The highest BCUT2D eigenvalue weighted by molar-refractivity contribution is 7.92. The van der Waals surface area contributed by atoms with Crippen molar-refractivity contribution in [1.29, 1.82) is 0 Å². The molecule has 4 rings (SSSR count). The van der Waals surface area contributed by atoms with Gasteiger partial charge in [0.05, 0.1) is 30.9 Å². The standard InChI is InChI=1S/C16H15N3O3S/c20-23(21,16-6-3-9-22-16)19-11-14(18-8-7-17-12-18)10-13-4-1-2-5-15(13)19/h1-9,12,14H,10-11H2. The van der Waals surface area contributed by atoms with Crippen LogP contribution < -0.4 is 4.31 Å². The summed E-state index contributed by atoms with van der Waals surface area (Å²) in [5, 5.41) is -0.0430. The monoisotopic (exact) mass is 329 g/mol. The van der Waals surface area contributed by atoms with Crippen LogP contribution in [0.1, 0.15) is 11.6 Å². The zero-order valence-corrected chi connectivity index (χ0v) is 13.1. The number of imidazole rings is 1. The number of hydrogen-bond donors (Lipinski definition) is 0. The van der Waals surface area contributed by atoms with Crippen LogP contribution in [0.4, 0.5) is 5.69 Å². The second kappa shape index (κ2) is 5.27. The number of sulfonamides is 1. The number of rotatable bonds is 3. The molecule has 0 amide bonds. The van der Waals surface area contributed by atoms with Crippen LogP contribution in [0.25, 0.3) is 0 Å². The molecule has 1 aliphatic heterocycles.